The van der Waals surface area contributed by atoms with Crippen molar-refractivity contribution in [3.8, 4) is 23.8 Å². The Hall–Kier alpha value is -3.67. The zero-order chi connectivity index (χ0) is 34.3. The molecule has 16 heteroatoms. The summed E-state index contributed by atoms with van der Waals surface area (Å²) in [7, 11) is -3.57. The molecule has 2 amide bonds. The second kappa shape index (κ2) is 19.1. The molecular formula is C30H43N2O13P. The van der Waals surface area contributed by atoms with E-state index in [1.54, 1.807) is 13.8 Å². The summed E-state index contributed by atoms with van der Waals surface area (Å²) in [4.78, 5) is 48.4. The third-order valence-electron chi connectivity index (χ3n) is 6.29. The van der Waals surface area contributed by atoms with Gasteiger partial charge in [-0.15, -0.1) is 12.3 Å². The summed E-state index contributed by atoms with van der Waals surface area (Å²) in [5, 5.41) is 16.5. The van der Waals surface area contributed by atoms with Gasteiger partial charge in [0.15, 0.2) is 17.6 Å². The average molecular weight is 671 g/mol. The van der Waals surface area contributed by atoms with Crippen molar-refractivity contribution in [2.24, 2.45) is 0 Å². The second-order valence-electron chi connectivity index (χ2n) is 10.1. The van der Waals surface area contributed by atoms with Gasteiger partial charge in [-0.3, -0.25) is 18.9 Å². The Labute approximate surface area is 268 Å². The number of terminal acetylenes is 1. The lowest BCUT2D eigenvalue weighted by Gasteiger charge is -2.43. The Balaban J connectivity index is 2.38. The smallest absolute Gasteiger partial charge is 0.330 e. The van der Waals surface area contributed by atoms with Crippen molar-refractivity contribution in [3.05, 3.63) is 18.2 Å². The molecule has 0 radical (unpaired) electrons. The minimum atomic E-state index is -3.57. The Bertz CT molecular complexity index is 1270. The first kappa shape index (κ1) is 38.5. The van der Waals surface area contributed by atoms with Gasteiger partial charge >= 0.3 is 31.5 Å². The van der Waals surface area contributed by atoms with Gasteiger partial charge in [-0.25, -0.2) is 4.79 Å². The number of hydrogen-bond donors (Lipinski definition) is 3. The average Bonchev–Trinajstić information content (AvgIpc) is 2.96. The Morgan fingerprint density at radius 3 is 2.22 bits per heavy atom. The first-order valence-corrected chi connectivity index (χ1v) is 16.6. The fraction of sp³-hybridized carbons (Fsp3) is 0.600. The van der Waals surface area contributed by atoms with Crippen molar-refractivity contribution in [1.82, 2.24) is 5.32 Å². The summed E-state index contributed by atoms with van der Waals surface area (Å²) < 4.78 is 51.8. The van der Waals surface area contributed by atoms with E-state index in [2.05, 4.69) is 16.6 Å². The molecule has 2 rings (SSSR count). The number of unbranched alkanes of at least 4 members (excludes halogenated alkanes) is 2. The van der Waals surface area contributed by atoms with Crippen LogP contribution in [0, 0.1) is 12.3 Å². The number of carbonyl (C=O) groups excluding carboxylic acids is 4. The van der Waals surface area contributed by atoms with Crippen LogP contribution in [0.1, 0.15) is 60.3 Å². The van der Waals surface area contributed by atoms with Crippen molar-refractivity contribution >= 4 is 37.2 Å². The molecule has 1 heterocycles. The molecule has 1 aliphatic heterocycles. The number of ether oxygens (including phenoxy) is 5. The van der Waals surface area contributed by atoms with Gasteiger partial charge in [0.25, 0.3) is 0 Å². The number of anilines is 1. The van der Waals surface area contributed by atoms with E-state index < -0.39 is 62.2 Å². The highest BCUT2D eigenvalue weighted by Gasteiger charge is 2.51. The number of hydrogen-bond acceptors (Lipinski definition) is 13. The lowest BCUT2D eigenvalue weighted by molar-refractivity contribution is -0.281. The van der Waals surface area contributed by atoms with Crippen molar-refractivity contribution in [2.45, 2.75) is 91.0 Å². The van der Waals surface area contributed by atoms with E-state index in [1.807, 2.05) is 0 Å². The number of urea groups is 1. The van der Waals surface area contributed by atoms with E-state index in [-0.39, 0.29) is 43.0 Å². The van der Waals surface area contributed by atoms with Crippen molar-refractivity contribution in [1.29, 1.82) is 0 Å². The van der Waals surface area contributed by atoms with Crippen LogP contribution >= 0.6 is 7.60 Å². The molecule has 3 N–H and O–H groups in total. The summed E-state index contributed by atoms with van der Waals surface area (Å²) >= 11 is 0. The Morgan fingerprint density at radius 1 is 0.978 bits per heavy atom. The molecule has 1 aromatic carbocycles. The van der Waals surface area contributed by atoms with Crippen LogP contribution in [-0.2, 0) is 42.2 Å². The van der Waals surface area contributed by atoms with Gasteiger partial charge < -0.3 is 48.5 Å². The number of esters is 3. The highest BCUT2D eigenvalue weighted by atomic mass is 31.2. The SMILES string of the molecule is C#CCCCCNC(=O)Nc1ccc(O[C@H]2O[C@H](CCP(=O)(OCC)OCC)[C@@H](O)[C@H](OC(C)=O)[C@@H]2OC(C)=O)c(OC(C)=O)c1. The second-order valence-corrected chi connectivity index (χ2v) is 12.2. The predicted octanol–water partition coefficient (Wildman–Crippen LogP) is 3.52. The molecule has 256 valence electrons. The first-order chi connectivity index (χ1) is 21.8. The summed E-state index contributed by atoms with van der Waals surface area (Å²) in [6.07, 6.45) is -0.184. The van der Waals surface area contributed by atoms with E-state index in [4.69, 9.17) is 39.2 Å². The lowest BCUT2D eigenvalue weighted by Crippen LogP contribution is -2.61. The maximum Gasteiger partial charge on any atom is 0.330 e. The van der Waals surface area contributed by atoms with Crippen LogP contribution in [0.25, 0.3) is 0 Å². The molecule has 15 nitrogen and oxygen atoms in total. The third kappa shape index (κ3) is 12.6. The number of rotatable bonds is 17. The van der Waals surface area contributed by atoms with Gasteiger partial charge in [0.1, 0.15) is 6.10 Å². The van der Waals surface area contributed by atoms with E-state index in [0.717, 1.165) is 27.2 Å². The van der Waals surface area contributed by atoms with E-state index in [0.29, 0.717) is 19.4 Å². The Morgan fingerprint density at radius 2 is 1.63 bits per heavy atom. The zero-order valence-corrected chi connectivity index (χ0v) is 27.5. The highest BCUT2D eigenvalue weighted by Crippen LogP contribution is 2.49. The highest BCUT2D eigenvalue weighted by molar-refractivity contribution is 7.53. The van der Waals surface area contributed by atoms with E-state index in [1.165, 1.54) is 18.2 Å². The number of aliphatic hydroxyl groups excluding tert-OH is 1. The predicted molar refractivity (Wildman–Crippen MR) is 164 cm³/mol. The van der Waals surface area contributed by atoms with Gasteiger partial charge in [-0.2, -0.15) is 0 Å². The molecule has 1 aliphatic rings. The number of aliphatic hydroxyl groups is 1. The quantitative estimate of drug-likeness (QED) is 0.0717. The zero-order valence-electron chi connectivity index (χ0n) is 26.6. The number of amides is 2. The van der Waals surface area contributed by atoms with Crippen LogP contribution in [0.15, 0.2) is 18.2 Å². The van der Waals surface area contributed by atoms with Gasteiger partial charge in [0, 0.05) is 45.5 Å². The summed E-state index contributed by atoms with van der Waals surface area (Å²) in [6, 6.07) is 3.65. The maximum atomic E-state index is 13.1. The van der Waals surface area contributed by atoms with Crippen LogP contribution in [-0.4, -0.2) is 85.7 Å². The summed E-state index contributed by atoms with van der Waals surface area (Å²) in [5.74, 6) is 0.0148. The molecule has 0 unspecified atom stereocenters. The minimum absolute atomic E-state index is 0.0800. The van der Waals surface area contributed by atoms with Crippen molar-refractivity contribution in [2.75, 3.05) is 31.2 Å². The van der Waals surface area contributed by atoms with Crippen LogP contribution in [0.2, 0.25) is 0 Å². The number of benzene rings is 1. The molecule has 0 spiro atoms. The third-order valence-corrected chi connectivity index (χ3v) is 8.40. The molecule has 46 heavy (non-hydrogen) atoms. The van der Waals surface area contributed by atoms with E-state index >= 15 is 0 Å². The number of nitrogens with one attached hydrogen (secondary N) is 2. The molecule has 0 saturated carbocycles. The van der Waals surface area contributed by atoms with Gasteiger partial charge in [0.05, 0.1) is 25.5 Å². The van der Waals surface area contributed by atoms with E-state index in [9.17, 15) is 28.8 Å². The standard InChI is InChI=1S/C30H43N2O13P/c1-7-10-11-12-16-31-30(37)32-22-13-14-23(25(18-22)41-19(4)33)44-29-28(43-21(6)35)27(42-20(5)34)26(36)24(45-29)15-17-46(38,39-8-2)40-9-3/h1,13-14,18,24,26-29,36H,8-12,15-17H2,2-6H3,(H2,31,32,37)/t24-,26-,27+,28+,29+/m1/s1. The summed E-state index contributed by atoms with van der Waals surface area (Å²) in [5.41, 5.74) is 0.250. The number of carbonyl (C=O) groups is 4. The van der Waals surface area contributed by atoms with Crippen LogP contribution in [0.3, 0.4) is 0 Å². The van der Waals surface area contributed by atoms with Crippen molar-refractivity contribution in [3.63, 3.8) is 0 Å². The molecule has 1 fully saturated rings. The van der Waals surface area contributed by atoms with Gasteiger partial charge in [-0.1, -0.05) is 0 Å². The molecule has 5 atom stereocenters. The molecule has 0 aromatic heterocycles. The molecule has 1 saturated heterocycles. The lowest BCUT2D eigenvalue weighted by atomic mass is 9.96. The fourth-order valence-corrected chi connectivity index (χ4v) is 6.17. The maximum absolute atomic E-state index is 13.1. The Kier molecular flexibility index (Phi) is 16.0. The van der Waals surface area contributed by atoms with Gasteiger partial charge in [0.2, 0.25) is 12.4 Å². The molecular weight excluding hydrogens is 627 g/mol. The van der Waals surface area contributed by atoms with Crippen LogP contribution in [0.5, 0.6) is 11.5 Å². The largest absolute Gasteiger partial charge is 0.457 e. The van der Waals surface area contributed by atoms with Crippen LogP contribution < -0.4 is 20.1 Å². The van der Waals surface area contributed by atoms with Crippen molar-refractivity contribution < 1.29 is 61.6 Å². The molecule has 0 bridgehead atoms. The summed E-state index contributed by atoms with van der Waals surface area (Å²) in [6.45, 7) is 7.28. The first-order valence-electron chi connectivity index (χ1n) is 14.9. The fourth-order valence-electron chi connectivity index (χ4n) is 4.48. The normalized spacial score (nSPS) is 20.9. The van der Waals surface area contributed by atoms with Crippen LogP contribution in [0.4, 0.5) is 10.5 Å². The molecule has 1 aromatic rings. The topological polar surface area (TPSA) is 194 Å². The molecule has 0 aliphatic carbocycles. The monoisotopic (exact) mass is 670 g/mol. The van der Waals surface area contributed by atoms with Gasteiger partial charge in [-0.05, 0) is 45.2 Å². The minimum Gasteiger partial charge on any atom is -0.457 e.